The standard InChI is InChI=1S/C22H22Cl2N4O2/c1-26-18-9-3-2-8-17(18)19(24)20(26)21(29)27-10-5-11-28(13-12-27)22(30)25-16-7-4-6-15(23)14-16/h2-4,6-9,14H,5,10-13H2,1H3,(H,25,30). The highest BCUT2D eigenvalue weighted by Gasteiger charge is 2.27. The molecular formula is C22H22Cl2N4O2. The lowest BCUT2D eigenvalue weighted by atomic mass is 10.2. The van der Waals surface area contributed by atoms with Crippen LogP contribution in [0.5, 0.6) is 0 Å². The van der Waals surface area contributed by atoms with Gasteiger partial charge in [-0.05, 0) is 30.7 Å². The number of nitrogens with zero attached hydrogens (tertiary/aromatic N) is 3. The Hall–Kier alpha value is -2.70. The number of halogens is 2. The first-order valence-corrected chi connectivity index (χ1v) is 10.5. The number of anilines is 1. The van der Waals surface area contributed by atoms with Gasteiger partial charge < -0.3 is 19.7 Å². The third kappa shape index (κ3) is 3.98. The zero-order chi connectivity index (χ0) is 21.3. The number of nitrogens with one attached hydrogen (secondary N) is 1. The van der Waals surface area contributed by atoms with Gasteiger partial charge in [0.1, 0.15) is 5.69 Å². The topological polar surface area (TPSA) is 57.6 Å². The van der Waals surface area contributed by atoms with Crippen LogP contribution < -0.4 is 5.32 Å². The first-order chi connectivity index (χ1) is 14.5. The van der Waals surface area contributed by atoms with Crippen molar-refractivity contribution in [3.05, 3.63) is 64.3 Å². The maximum Gasteiger partial charge on any atom is 0.321 e. The molecule has 8 heteroatoms. The first-order valence-electron chi connectivity index (χ1n) is 9.79. The molecule has 1 saturated heterocycles. The number of para-hydroxylation sites is 1. The highest BCUT2D eigenvalue weighted by atomic mass is 35.5. The number of aromatic nitrogens is 1. The molecule has 0 spiro atoms. The number of urea groups is 1. The molecule has 4 rings (SSSR count). The number of hydrogen-bond donors (Lipinski definition) is 1. The molecule has 0 aliphatic carbocycles. The van der Waals surface area contributed by atoms with Crippen molar-refractivity contribution in [2.75, 3.05) is 31.5 Å². The highest BCUT2D eigenvalue weighted by Crippen LogP contribution is 2.30. The number of carbonyl (C=O) groups is 2. The summed E-state index contributed by atoms with van der Waals surface area (Å²) < 4.78 is 1.84. The number of amides is 3. The molecule has 1 aromatic heterocycles. The summed E-state index contributed by atoms with van der Waals surface area (Å²) in [4.78, 5) is 29.4. The van der Waals surface area contributed by atoms with Crippen molar-refractivity contribution in [2.24, 2.45) is 7.05 Å². The number of carbonyl (C=O) groups excluding carboxylic acids is 2. The van der Waals surface area contributed by atoms with Crippen LogP contribution in [0.3, 0.4) is 0 Å². The van der Waals surface area contributed by atoms with Crippen LogP contribution in [0.15, 0.2) is 48.5 Å². The Morgan fingerprint density at radius 2 is 1.67 bits per heavy atom. The third-order valence-electron chi connectivity index (χ3n) is 5.39. The molecule has 1 N–H and O–H groups in total. The lowest BCUT2D eigenvalue weighted by Crippen LogP contribution is -2.39. The summed E-state index contributed by atoms with van der Waals surface area (Å²) in [5.74, 6) is -0.115. The normalized spacial score (nSPS) is 14.6. The van der Waals surface area contributed by atoms with Crippen molar-refractivity contribution in [2.45, 2.75) is 6.42 Å². The molecule has 6 nitrogen and oxygen atoms in total. The van der Waals surface area contributed by atoms with Gasteiger partial charge in [0.05, 0.1) is 5.02 Å². The average molecular weight is 445 g/mol. The molecule has 2 heterocycles. The fourth-order valence-corrected chi connectivity index (χ4v) is 4.38. The number of fused-ring (bicyclic) bond motifs is 1. The van der Waals surface area contributed by atoms with E-state index in [9.17, 15) is 9.59 Å². The number of benzene rings is 2. The van der Waals surface area contributed by atoms with Gasteiger partial charge in [-0.1, -0.05) is 47.5 Å². The van der Waals surface area contributed by atoms with Crippen molar-refractivity contribution in [1.29, 1.82) is 0 Å². The molecule has 3 aromatic rings. The summed E-state index contributed by atoms with van der Waals surface area (Å²) in [6, 6.07) is 14.5. The van der Waals surface area contributed by atoms with Crippen LogP contribution in [0.25, 0.3) is 10.9 Å². The quantitative estimate of drug-likeness (QED) is 0.612. The van der Waals surface area contributed by atoms with Crippen LogP contribution in [0.1, 0.15) is 16.9 Å². The Labute approximate surface area is 185 Å². The maximum atomic E-state index is 13.3. The minimum Gasteiger partial charge on any atom is -0.338 e. The molecule has 1 aliphatic rings. The van der Waals surface area contributed by atoms with E-state index in [2.05, 4.69) is 5.32 Å². The van der Waals surface area contributed by atoms with Crippen molar-refractivity contribution >= 4 is 51.7 Å². The van der Waals surface area contributed by atoms with E-state index in [1.165, 1.54) is 0 Å². The van der Waals surface area contributed by atoms with Gasteiger partial charge in [-0.3, -0.25) is 4.79 Å². The summed E-state index contributed by atoms with van der Waals surface area (Å²) in [7, 11) is 1.85. The number of hydrogen-bond acceptors (Lipinski definition) is 2. The third-order valence-corrected chi connectivity index (χ3v) is 6.01. The Balaban J connectivity index is 1.47. The van der Waals surface area contributed by atoms with Crippen LogP contribution in [0.4, 0.5) is 10.5 Å². The minimum absolute atomic E-state index is 0.115. The van der Waals surface area contributed by atoms with Gasteiger partial charge in [0.15, 0.2) is 0 Å². The zero-order valence-corrected chi connectivity index (χ0v) is 18.1. The van der Waals surface area contributed by atoms with Crippen molar-refractivity contribution < 1.29 is 9.59 Å². The Morgan fingerprint density at radius 1 is 0.933 bits per heavy atom. The van der Waals surface area contributed by atoms with Crippen LogP contribution in [-0.2, 0) is 7.05 Å². The smallest absolute Gasteiger partial charge is 0.321 e. The summed E-state index contributed by atoms with van der Waals surface area (Å²) >= 11 is 12.5. The van der Waals surface area contributed by atoms with Gasteiger partial charge in [0, 0.05) is 54.8 Å². The Morgan fingerprint density at radius 3 is 2.43 bits per heavy atom. The summed E-state index contributed by atoms with van der Waals surface area (Å²) in [5.41, 5.74) is 2.05. The van der Waals surface area contributed by atoms with E-state index >= 15 is 0 Å². The fraction of sp³-hybridized carbons (Fsp3) is 0.273. The van der Waals surface area contributed by atoms with E-state index in [-0.39, 0.29) is 11.9 Å². The second-order valence-corrected chi connectivity index (χ2v) is 8.13. The second kappa shape index (κ2) is 8.58. The summed E-state index contributed by atoms with van der Waals surface area (Å²) in [6.07, 6.45) is 0.691. The fourth-order valence-electron chi connectivity index (χ4n) is 3.83. The maximum absolute atomic E-state index is 13.3. The van der Waals surface area contributed by atoms with Crippen LogP contribution in [-0.4, -0.2) is 52.5 Å². The summed E-state index contributed by atoms with van der Waals surface area (Å²) in [6.45, 7) is 2.02. The predicted octanol–water partition coefficient (Wildman–Crippen LogP) is 4.87. The Bertz CT molecular complexity index is 1070. The van der Waals surface area contributed by atoms with Gasteiger partial charge in [-0.25, -0.2) is 4.79 Å². The number of rotatable bonds is 2. The molecule has 0 bridgehead atoms. The molecule has 2 aromatic carbocycles. The van der Waals surface area contributed by atoms with E-state index in [0.29, 0.717) is 54.0 Å². The lowest BCUT2D eigenvalue weighted by Gasteiger charge is -2.23. The van der Waals surface area contributed by atoms with Gasteiger partial charge in [-0.15, -0.1) is 0 Å². The van der Waals surface area contributed by atoms with Crippen molar-refractivity contribution in [3.63, 3.8) is 0 Å². The highest BCUT2D eigenvalue weighted by molar-refractivity contribution is 6.38. The second-order valence-electron chi connectivity index (χ2n) is 7.31. The zero-order valence-electron chi connectivity index (χ0n) is 16.6. The lowest BCUT2D eigenvalue weighted by molar-refractivity contribution is 0.0754. The molecule has 0 radical (unpaired) electrons. The van der Waals surface area contributed by atoms with Gasteiger partial charge in [-0.2, -0.15) is 0 Å². The molecule has 3 amide bonds. The summed E-state index contributed by atoms with van der Waals surface area (Å²) in [5, 5.41) is 4.76. The molecule has 1 fully saturated rings. The molecule has 1 aliphatic heterocycles. The van der Waals surface area contributed by atoms with Crippen molar-refractivity contribution in [3.8, 4) is 0 Å². The van der Waals surface area contributed by atoms with Gasteiger partial charge in [0.2, 0.25) is 0 Å². The van der Waals surface area contributed by atoms with Gasteiger partial charge >= 0.3 is 6.03 Å². The van der Waals surface area contributed by atoms with Crippen LogP contribution >= 0.6 is 23.2 Å². The van der Waals surface area contributed by atoms with E-state index in [0.717, 1.165) is 10.9 Å². The van der Waals surface area contributed by atoms with Crippen molar-refractivity contribution in [1.82, 2.24) is 14.4 Å². The van der Waals surface area contributed by atoms with E-state index in [1.807, 2.05) is 35.9 Å². The molecule has 0 atom stereocenters. The van der Waals surface area contributed by atoms with E-state index in [4.69, 9.17) is 23.2 Å². The first kappa shape index (κ1) is 20.6. The monoisotopic (exact) mass is 444 g/mol. The molecule has 156 valence electrons. The average Bonchev–Trinajstić information content (AvgIpc) is 2.90. The van der Waals surface area contributed by atoms with Gasteiger partial charge in [0.25, 0.3) is 5.91 Å². The van der Waals surface area contributed by atoms with E-state index < -0.39 is 0 Å². The molecule has 0 unspecified atom stereocenters. The molecule has 30 heavy (non-hydrogen) atoms. The minimum atomic E-state index is -0.200. The largest absolute Gasteiger partial charge is 0.338 e. The predicted molar refractivity (Wildman–Crippen MR) is 120 cm³/mol. The number of aryl methyl sites for hydroxylation is 1. The SMILES string of the molecule is Cn1c(C(=O)N2CCCN(C(=O)Nc3cccc(Cl)c3)CC2)c(Cl)c2ccccc21. The molecular weight excluding hydrogens is 423 g/mol. The van der Waals surface area contributed by atoms with E-state index in [1.54, 1.807) is 34.1 Å². The molecule has 0 saturated carbocycles. The van der Waals surface area contributed by atoms with Crippen LogP contribution in [0.2, 0.25) is 10.0 Å². The van der Waals surface area contributed by atoms with Crippen LogP contribution in [0, 0.1) is 0 Å². The Kier molecular flexibility index (Phi) is 5.88.